The highest BCUT2D eigenvalue weighted by molar-refractivity contribution is 9.28. The maximum atomic E-state index is 12.2. The summed E-state index contributed by atoms with van der Waals surface area (Å²) in [5, 5.41) is 2.95. The molecule has 2 aromatic rings. The van der Waals surface area contributed by atoms with Gasteiger partial charge in [0.2, 0.25) is 5.91 Å². The van der Waals surface area contributed by atoms with Gasteiger partial charge in [-0.2, -0.15) is 0 Å². The molecule has 28 heavy (non-hydrogen) atoms. The molecule has 0 bridgehead atoms. The number of hydrogen-bond acceptors (Lipinski definition) is 3. The van der Waals surface area contributed by atoms with Gasteiger partial charge in [-0.3, -0.25) is 4.79 Å². The Bertz CT molecular complexity index is 866. The van der Waals surface area contributed by atoms with E-state index in [1.807, 2.05) is 48.5 Å². The van der Waals surface area contributed by atoms with Crippen molar-refractivity contribution in [1.82, 2.24) is 5.32 Å². The first-order valence-electron chi connectivity index (χ1n) is 8.63. The third kappa shape index (κ3) is 7.41. The second kappa shape index (κ2) is 11.6. The Morgan fingerprint density at radius 3 is 2.50 bits per heavy atom. The minimum atomic E-state index is -0.00111. The number of amides is 1. The van der Waals surface area contributed by atoms with E-state index in [0.717, 1.165) is 20.1 Å². The summed E-state index contributed by atoms with van der Waals surface area (Å²) in [6, 6.07) is 13.6. The largest absolute Gasteiger partial charge is 0.493 e. The van der Waals surface area contributed by atoms with Crippen LogP contribution in [0.5, 0.6) is 11.5 Å². The van der Waals surface area contributed by atoms with Crippen molar-refractivity contribution in [2.75, 3.05) is 13.7 Å². The molecule has 146 valence electrons. The van der Waals surface area contributed by atoms with E-state index in [1.165, 1.54) is 0 Å². The third-order valence-electron chi connectivity index (χ3n) is 3.92. The maximum absolute atomic E-state index is 12.2. The van der Waals surface area contributed by atoms with Gasteiger partial charge in [0.25, 0.3) is 0 Å². The number of benzene rings is 2. The molecule has 2 aromatic carbocycles. The van der Waals surface area contributed by atoms with Gasteiger partial charge >= 0.3 is 0 Å². The van der Waals surface area contributed by atoms with Crippen molar-refractivity contribution in [3.8, 4) is 23.8 Å². The Balaban J connectivity index is 1.83. The third-order valence-corrected chi connectivity index (χ3v) is 4.38. The number of carbonyl (C=O) groups is 1. The maximum Gasteiger partial charge on any atom is 0.220 e. The molecular formula is C22H21Br2NO3. The first-order chi connectivity index (χ1) is 13.5. The van der Waals surface area contributed by atoms with Crippen LogP contribution >= 0.6 is 31.9 Å². The molecule has 0 unspecified atom stereocenters. The van der Waals surface area contributed by atoms with E-state index in [2.05, 4.69) is 43.1 Å². The summed E-state index contributed by atoms with van der Waals surface area (Å²) >= 11 is 6.68. The zero-order valence-corrected chi connectivity index (χ0v) is 18.7. The van der Waals surface area contributed by atoms with Crippen molar-refractivity contribution in [1.29, 1.82) is 0 Å². The van der Waals surface area contributed by atoms with Crippen molar-refractivity contribution < 1.29 is 14.3 Å². The van der Waals surface area contributed by atoms with Gasteiger partial charge in [-0.15, -0.1) is 6.42 Å². The number of terminal acetylenes is 1. The number of rotatable bonds is 9. The monoisotopic (exact) mass is 505 g/mol. The van der Waals surface area contributed by atoms with Crippen LogP contribution in [0.4, 0.5) is 0 Å². The highest BCUT2D eigenvalue weighted by Crippen LogP contribution is 2.28. The fraction of sp³-hybridized carbons (Fsp3) is 0.227. The van der Waals surface area contributed by atoms with Crippen LogP contribution in [-0.2, 0) is 17.8 Å². The number of hydrogen-bond donors (Lipinski definition) is 1. The van der Waals surface area contributed by atoms with Crippen LogP contribution in [0.25, 0.3) is 6.08 Å². The molecule has 0 radical (unpaired) electrons. The van der Waals surface area contributed by atoms with E-state index in [-0.39, 0.29) is 12.5 Å². The number of ether oxygens (including phenoxy) is 2. The van der Waals surface area contributed by atoms with Gasteiger partial charge in [-0.1, -0.05) is 36.3 Å². The number of methoxy groups -OCH3 is 1. The summed E-state index contributed by atoms with van der Waals surface area (Å²) < 4.78 is 11.6. The van der Waals surface area contributed by atoms with Gasteiger partial charge in [0.05, 0.1) is 10.5 Å². The number of carbonyl (C=O) groups excluding carboxylic acids is 1. The van der Waals surface area contributed by atoms with E-state index >= 15 is 0 Å². The first kappa shape index (κ1) is 22.1. The van der Waals surface area contributed by atoms with E-state index in [0.29, 0.717) is 30.9 Å². The van der Waals surface area contributed by atoms with Crippen LogP contribution in [0.15, 0.2) is 45.9 Å². The molecule has 0 fully saturated rings. The second-order valence-corrected chi connectivity index (χ2v) is 8.70. The topological polar surface area (TPSA) is 47.6 Å². The van der Waals surface area contributed by atoms with E-state index in [1.54, 1.807) is 7.11 Å². The fourth-order valence-electron chi connectivity index (χ4n) is 2.51. The molecule has 0 atom stereocenters. The zero-order valence-electron chi connectivity index (χ0n) is 15.5. The highest BCUT2D eigenvalue weighted by Gasteiger charge is 2.08. The minimum absolute atomic E-state index is 0.00111. The molecule has 0 aliphatic rings. The molecule has 0 aliphatic carbocycles. The van der Waals surface area contributed by atoms with Crippen molar-refractivity contribution in [3.05, 3.63) is 62.5 Å². The van der Waals surface area contributed by atoms with Crippen molar-refractivity contribution in [3.63, 3.8) is 0 Å². The molecule has 0 spiro atoms. The highest BCUT2D eigenvalue weighted by atomic mass is 79.9. The predicted molar refractivity (Wildman–Crippen MR) is 120 cm³/mol. The summed E-state index contributed by atoms with van der Waals surface area (Å²) in [6.07, 6.45) is 8.17. The number of nitrogens with one attached hydrogen (secondary N) is 1. The van der Waals surface area contributed by atoms with E-state index < -0.39 is 0 Å². The van der Waals surface area contributed by atoms with Gasteiger partial charge in [0.15, 0.2) is 11.5 Å². The Hall–Kier alpha value is -2.23. The van der Waals surface area contributed by atoms with E-state index in [4.69, 9.17) is 15.9 Å². The number of halogens is 2. The summed E-state index contributed by atoms with van der Waals surface area (Å²) in [4.78, 5) is 12.2. The fourth-order valence-corrected chi connectivity index (χ4v) is 3.04. The second-order valence-electron chi connectivity index (χ2n) is 5.93. The van der Waals surface area contributed by atoms with Gasteiger partial charge in [-0.05, 0) is 73.2 Å². The van der Waals surface area contributed by atoms with E-state index in [9.17, 15) is 4.79 Å². The van der Waals surface area contributed by atoms with Crippen LogP contribution < -0.4 is 14.8 Å². The van der Waals surface area contributed by atoms with Crippen LogP contribution in [-0.4, -0.2) is 19.6 Å². The molecule has 2 rings (SSSR count). The Morgan fingerprint density at radius 2 is 1.86 bits per heavy atom. The lowest BCUT2D eigenvalue weighted by Gasteiger charge is -2.11. The van der Waals surface area contributed by atoms with Crippen LogP contribution in [0.2, 0.25) is 0 Å². The normalized spacial score (nSPS) is 9.93. The zero-order chi connectivity index (χ0) is 20.4. The molecule has 1 amide bonds. The summed E-state index contributed by atoms with van der Waals surface area (Å²) in [7, 11) is 1.58. The lowest BCUT2D eigenvalue weighted by Crippen LogP contribution is -2.22. The first-order valence-corrected chi connectivity index (χ1v) is 10.2. The standard InChI is InChI=1S/C22H21Br2NO3/c1-3-12-28-19-10-8-16(13-20(19)27-2)9-11-22(26)25-15-18-6-4-17(5-7-18)14-21(23)24/h1,4-8,10,13-14H,9,11-12,15H2,2H3,(H,25,26). The summed E-state index contributed by atoms with van der Waals surface area (Å²) in [5.41, 5.74) is 3.12. The molecule has 0 saturated carbocycles. The van der Waals surface area contributed by atoms with Gasteiger partial charge < -0.3 is 14.8 Å². The molecule has 0 aromatic heterocycles. The van der Waals surface area contributed by atoms with Gasteiger partial charge in [-0.25, -0.2) is 0 Å². The minimum Gasteiger partial charge on any atom is -0.493 e. The summed E-state index contributed by atoms with van der Waals surface area (Å²) in [5.74, 6) is 3.63. The molecule has 0 heterocycles. The SMILES string of the molecule is C#CCOc1ccc(CCC(=O)NCc2ccc(C=C(Br)Br)cc2)cc1OC. The summed E-state index contributed by atoms with van der Waals surface area (Å²) in [6.45, 7) is 0.684. The molecule has 0 aliphatic heterocycles. The molecule has 1 N–H and O–H groups in total. The Morgan fingerprint density at radius 1 is 1.14 bits per heavy atom. The van der Waals surface area contributed by atoms with Gasteiger partial charge in [0.1, 0.15) is 6.61 Å². The van der Waals surface area contributed by atoms with Crippen LogP contribution in [0.3, 0.4) is 0 Å². The quantitative estimate of drug-likeness (QED) is 0.484. The van der Waals surface area contributed by atoms with Gasteiger partial charge in [0, 0.05) is 13.0 Å². The van der Waals surface area contributed by atoms with Crippen molar-refractivity contribution in [2.24, 2.45) is 0 Å². The molecule has 0 saturated heterocycles. The lowest BCUT2D eigenvalue weighted by molar-refractivity contribution is -0.121. The molecule has 6 heteroatoms. The lowest BCUT2D eigenvalue weighted by atomic mass is 10.1. The average Bonchev–Trinajstić information content (AvgIpc) is 2.70. The van der Waals surface area contributed by atoms with Crippen molar-refractivity contribution in [2.45, 2.75) is 19.4 Å². The van der Waals surface area contributed by atoms with Crippen LogP contribution in [0, 0.1) is 12.3 Å². The Labute approximate surface area is 182 Å². The number of aryl methyl sites for hydroxylation is 1. The smallest absolute Gasteiger partial charge is 0.220 e. The molecular weight excluding hydrogens is 486 g/mol. The molecule has 4 nitrogen and oxygen atoms in total. The predicted octanol–water partition coefficient (Wildman–Crippen LogP) is 5.04. The Kier molecular flexibility index (Phi) is 9.12. The van der Waals surface area contributed by atoms with Crippen molar-refractivity contribution >= 4 is 43.8 Å². The average molecular weight is 507 g/mol. The van der Waals surface area contributed by atoms with Crippen LogP contribution in [0.1, 0.15) is 23.1 Å².